The number of fused-ring (bicyclic) bond motifs is 1. The molecule has 19 heavy (non-hydrogen) atoms. The molecule has 0 aliphatic carbocycles. The molecule has 0 fully saturated rings. The second-order valence-electron chi connectivity index (χ2n) is 4.90. The lowest BCUT2D eigenvalue weighted by atomic mass is 10.1. The first-order chi connectivity index (χ1) is 9.24. The Bertz CT molecular complexity index is 589. The number of pyridine rings is 1. The SMILES string of the molecule is CCCN(CC)CCc1cc2ccccc2c(=O)[nH]1. The molecule has 3 nitrogen and oxygen atoms in total. The van der Waals surface area contributed by atoms with Crippen LogP contribution >= 0.6 is 0 Å². The lowest BCUT2D eigenvalue weighted by Crippen LogP contribution is -2.27. The zero-order valence-electron chi connectivity index (χ0n) is 11.8. The molecule has 0 radical (unpaired) electrons. The van der Waals surface area contributed by atoms with Crippen molar-refractivity contribution in [3.8, 4) is 0 Å². The minimum Gasteiger partial charge on any atom is -0.326 e. The van der Waals surface area contributed by atoms with E-state index in [9.17, 15) is 4.79 Å². The lowest BCUT2D eigenvalue weighted by Gasteiger charge is -2.19. The lowest BCUT2D eigenvalue weighted by molar-refractivity contribution is 0.291. The van der Waals surface area contributed by atoms with Crippen molar-refractivity contribution in [2.75, 3.05) is 19.6 Å². The summed E-state index contributed by atoms with van der Waals surface area (Å²) in [4.78, 5) is 17.4. The zero-order chi connectivity index (χ0) is 13.7. The average molecular weight is 258 g/mol. The predicted molar refractivity (Wildman–Crippen MR) is 80.7 cm³/mol. The van der Waals surface area contributed by atoms with Crippen LogP contribution in [0.2, 0.25) is 0 Å². The molecule has 2 aromatic rings. The number of rotatable bonds is 6. The van der Waals surface area contributed by atoms with Gasteiger partial charge >= 0.3 is 0 Å². The second-order valence-corrected chi connectivity index (χ2v) is 4.90. The molecular weight excluding hydrogens is 236 g/mol. The van der Waals surface area contributed by atoms with E-state index in [-0.39, 0.29) is 5.56 Å². The van der Waals surface area contributed by atoms with Gasteiger partial charge in [-0.1, -0.05) is 32.0 Å². The van der Waals surface area contributed by atoms with Crippen LogP contribution in [0.3, 0.4) is 0 Å². The minimum absolute atomic E-state index is 0.0200. The van der Waals surface area contributed by atoms with Crippen LogP contribution in [0.15, 0.2) is 35.1 Å². The van der Waals surface area contributed by atoms with Crippen molar-refractivity contribution in [1.29, 1.82) is 0 Å². The van der Waals surface area contributed by atoms with Crippen molar-refractivity contribution in [2.24, 2.45) is 0 Å². The first-order valence-electron chi connectivity index (χ1n) is 7.08. The fourth-order valence-electron chi connectivity index (χ4n) is 2.42. The van der Waals surface area contributed by atoms with E-state index in [0.29, 0.717) is 0 Å². The van der Waals surface area contributed by atoms with Gasteiger partial charge in [-0.2, -0.15) is 0 Å². The predicted octanol–water partition coefficient (Wildman–Crippen LogP) is 2.80. The summed E-state index contributed by atoms with van der Waals surface area (Å²) < 4.78 is 0. The molecule has 0 saturated heterocycles. The maximum Gasteiger partial charge on any atom is 0.256 e. The standard InChI is InChI=1S/C16H22N2O/c1-3-10-18(4-2)11-9-14-12-13-7-5-6-8-15(13)16(19)17-14/h5-8,12H,3-4,9-11H2,1-2H3,(H,17,19). The summed E-state index contributed by atoms with van der Waals surface area (Å²) in [5, 5.41) is 1.80. The molecule has 0 amide bonds. The minimum atomic E-state index is 0.0200. The van der Waals surface area contributed by atoms with Crippen molar-refractivity contribution < 1.29 is 0 Å². The Morgan fingerprint density at radius 1 is 1.16 bits per heavy atom. The van der Waals surface area contributed by atoms with Crippen LogP contribution in [0.25, 0.3) is 10.8 Å². The van der Waals surface area contributed by atoms with E-state index in [4.69, 9.17) is 0 Å². The first kappa shape index (κ1) is 13.8. The number of hydrogen-bond acceptors (Lipinski definition) is 2. The van der Waals surface area contributed by atoms with Crippen LogP contribution in [-0.4, -0.2) is 29.5 Å². The molecule has 0 unspecified atom stereocenters. The Hall–Kier alpha value is -1.61. The molecule has 1 N–H and O–H groups in total. The molecule has 0 aliphatic heterocycles. The molecule has 1 heterocycles. The Morgan fingerprint density at radius 2 is 1.95 bits per heavy atom. The van der Waals surface area contributed by atoms with Crippen molar-refractivity contribution >= 4 is 10.8 Å². The second kappa shape index (κ2) is 6.53. The van der Waals surface area contributed by atoms with Gasteiger partial charge in [0.1, 0.15) is 0 Å². The van der Waals surface area contributed by atoms with Crippen LogP contribution in [0, 0.1) is 0 Å². The maximum atomic E-state index is 12.0. The van der Waals surface area contributed by atoms with Gasteiger partial charge in [0.05, 0.1) is 0 Å². The molecule has 0 bridgehead atoms. The third-order valence-electron chi connectivity index (χ3n) is 3.49. The summed E-state index contributed by atoms with van der Waals surface area (Å²) >= 11 is 0. The van der Waals surface area contributed by atoms with Crippen LogP contribution < -0.4 is 5.56 Å². The van der Waals surface area contributed by atoms with Crippen molar-refractivity contribution in [1.82, 2.24) is 9.88 Å². The largest absolute Gasteiger partial charge is 0.326 e. The van der Waals surface area contributed by atoms with Gasteiger partial charge in [-0.15, -0.1) is 0 Å². The Balaban J connectivity index is 2.15. The summed E-state index contributed by atoms with van der Waals surface area (Å²) in [5.41, 5.74) is 1.05. The van der Waals surface area contributed by atoms with Gasteiger partial charge in [-0.3, -0.25) is 4.79 Å². The van der Waals surface area contributed by atoms with Crippen LogP contribution in [0.5, 0.6) is 0 Å². The van der Waals surface area contributed by atoms with Gasteiger partial charge in [0.15, 0.2) is 0 Å². The first-order valence-corrected chi connectivity index (χ1v) is 7.08. The topological polar surface area (TPSA) is 36.1 Å². The number of nitrogens with one attached hydrogen (secondary N) is 1. The third-order valence-corrected chi connectivity index (χ3v) is 3.49. The number of benzene rings is 1. The number of aromatic amines is 1. The normalized spacial score (nSPS) is 11.3. The molecule has 1 aromatic heterocycles. The van der Waals surface area contributed by atoms with Gasteiger partial charge in [0.2, 0.25) is 0 Å². The Labute approximate surface area is 114 Å². The van der Waals surface area contributed by atoms with E-state index in [0.717, 1.165) is 42.5 Å². The van der Waals surface area contributed by atoms with E-state index in [1.807, 2.05) is 24.3 Å². The number of likely N-dealkylation sites (N-methyl/N-ethyl adjacent to an activating group) is 1. The fourth-order valence-corrected chi connectivity index (χ4v) is 2.42. The molecule has 1 aromatic carbocycles. The summed E-state index contributed by atoms with van der Waals surface area (Å²) in [6, 6.07) is 9.83. The molecule has 0 saturated carbocycles. The average Bonchev–Trinajstić information content (AvgIpc) is 2.43. The highest BCUT2D eigenvalue weighted by molar-refractivity contribution is 5.81. The quantitative estimate of drug-likeness (QED) is 0.865. The van der Waals surface area contributed by atoms with E-state index in [1.165, 1.54) is 6.42 Å². The maximum absolute atomic E-state index is 12.0. The molecule has 0 atom stereocenters. The molecule has 0 spiro atoms. The number of nitrogens with zero attached hydrogens (tertiary/aromatic N) is 1. The van der Waals surface area contributed by atoms with Crippen molar-refractivity contribution in [2.45, 2.75) is 26.7 Å². The molecular formula is C16H22N2O. The van der Waals surface area contributed by atoms with Gasteiger partial charge in [-0.05, 0) is 37.0 Å². The highest BCUT2D eigenvalue weighted by Crippen LogP contribution is 2.10. The van der Waals surface area contributed by atoms with Gasteiger partial charge in [0.25, 0.3) is 5.56 Å². The number of H-pyrrole nitrogens is 1. The number of hydrogen-bond donors (Lipinski definition) is 1. The Morgan fingerprint density at radius 3 is 2.68 bits per heavy atom. The van der Waals surface area contributed by atoms with Gasteiger partial charge in [0, 0.05) is 24.0 Å². The summed E-state index contributed by atoms with van der Waals surface area (Å²) in [6.07, 6.45) is 2.07. The van der Waals surface area contributed by atoms with E-state index < -0.39 is 0 Å². The summed E-state index contributed by atoms with van der Waals surface area (Å²) in [6.45, 7) is 7.55. The fraction of sp³-hybridized carbons (Fsp3) is 0.438. The summed E-state index contributed by atoms with van der Waals surface area (Å²) in [7, 11) is 0. The third kappa shape index (κ3) is 3.44. The highest BCUT2D eigenvalue weighted by Gasteiger charge is 2.04. The molecule has 2 rings (SSSR count). The van der Waals surface area contributed by atoms with Gasteiger partial charge < -0.3 is 9.88 Å². The monoisotopic (exact) mass is 258 g/mol. The van der Waals surface area contributed by atoms with Gasteiger partial charge in [-0.25, -0.2) is 0 Å². The van der Waals surface area contributed by atoms with Crippen LogP contribution in [0.1, 0.15) is 26.0 Å². The molecule has 102 valence electrons. The van der Waals surface area contributed by atoms with Crippen LogP contribution in [0.4, 0.5) is 0 Å². The summed E-state index contributed by atoms with van der Waals surface area (Å²) in [5.74, 6) is 0. The van der Waals surface area contributed by atoms with Crippen LogP contribution in [-0.2, 0) is 6.42 Å². The van der Waals surface area contributed by atoms with Crippen molar-refractivity contribution in [3.05, 3.63) is 46.4 Å². The number of aromatic nitrogens is 1. The Kier molecular flexibility index (Phi) is 4.74. The van der Waals surface area contributed by atoms with Crippen molar-refractivity contribution in [3.63, 3.8) is 0 Å². The van der Waals surface area contributed by atoms with E-state index >= 15 is 0 Å². The molecule has 3 heteroatoms. The van der Waals surface area contributed by atoms with E-state index in [2.05, 4.69) is 29.8 Å². The molecule has 0 aliphatic rings. The zero-order valence-corrected chi connectivity index (χ0v) is 11.8. The highest BCUT2D eigenvalue weighted by atomic mass is 16.1. The smallest absolute Gasteiger partial charge is 0.256 e. The van der Waals surface area contributed by atoms with E-state index in [1.54, 1.807) is 0 Å².